The SMILES string of the molecule is CC1OC(C)(C)Oc2c1cccc2N(C)C(=O)O. The van der Waals surface area contributed by atoms with Crippen molar-refractivity contribution in [3.8, 4) is 5.75 Å². The van der Waals surface area contributed by atoms with Crippen molar-refractivity contribution in [1.29, 1.82) is 0 Å². The fraction of sp³-hybridized carbons (Fsp3) is 0.462. The Morgan fingerprint density at radius 1 is 1.44 bits per heavy atom. The lowest BCUT2D eigenvalue weighted by Gasteiger charge is -2.38. The van der Waals surface area contributed by atoms with Crippen molar-refractivity contribution >= 4 is 11.8 Å². The third kappa shape index (κ3) is 2.13. The van der Waals surface area contributed by atoms with Gasteiger partial charge in [0.2, 0.25) is 5.79 Å². The number of amides is 1. The molecule has 0 radical (unpaired) electrons. The number of ether oxygens (including phenoxy) is 2. The van der Waals surface area contributed by atoms with Crippen LogP contribution in [-0.4, -0.2) is 24.0 Å². The van der Waals surface area contributed by atoms with E-state index < -0.39 is 11.9 Å². The smallest absolute Gasteiger partial charge is 0.411 e. The summed E-state index contributed by atoms with van der Waals surface area (Å²) in [6, 6.07) is 5.41. The van der Waals surface area contributed by atoms with Crippen LogP contribution in [0.5, 0.6) is 5.75 Å². The van der Waals surface area contributed by atoms with E-state index in [1.165, 1.54) is 7.05 Å². The van der Waals surface area contributed by atoms with Crippen LogP contribution in [0.1, 0.15) is 32.4 Å². The molecule has 18 heavy (non-hydrogen) atoms. The van der Waals surface area contributed by atoms with Crippen LogP contribution in [-0.2, 0) is 4.74 Å². The van der Waals surface area contributed by atoms with Gasteiger partial charge in [-0.2, -0.15) is 0 Å². The van der Waals surface area contributed by atoms with Gasteiger partial charge < -0.3 is 14.6 Å². The molecule has 0 spiro atoms. The van der Waals surface area contributed by atoms with Crippen molar-refractivity contribution in [3.63, 3.8) is 0 Å². The number of rotatable bonds is 1. The normalized spacial score (nSPS) is 20.8. The average Bonchev–Trinajstić information content (AvgIpc) is 2.25. The standard InChI is InChI=1S/C13H17NO4/c1-8-9-6-5-7-10(14(4)12(15)16)11(9)18-13(2,3)17-8/h5-8H,1-4H3,(H,15,16). The summed E-state index contributed by atoms with van der Waals surface area (Å²) in [6.45, 7) is 5.54. The second-order valence-electron chi connectivity index (χ2n) is 4.80. The fourth-order valence-corrected chi connectivity index (χ4v) is 2.10. The van der Waals surface area contributed by atoms with Crippen molar-refractivity contribution < 1.29 is 19.4 Å². The van der Waals surface area contributed by atoms with Crippen LogP contribution >= 0.6 is 0 Å². The minimum absolute atomic E-state index is 0.133. The third-order valence-electron chi connectivity index (χ3n) is 2.92. The highest BCUT2D eigenvalue weighted by Crippen LogP contribution is 2.43. The predicted molar refractivity (Wildman–Crippen MR) is 67.1 cm³/mol. The van der Waals surface area contributed by atoms with Crippen molar-refractivity contribution in [3.05, 3.63) is 23.8 Å². The van der Waals surface area contributed by atoms with E-state index in [0.717, 1.165) is 10.5 Å². The summed E-state index contributed by atoms with van der Waals surface area (Å²) in [6.07, 6.45) is -1.16. The Morgan fingerprint density at radius 3 is 2.72 bits per heavy atom. The number of para-hydroxylation sites is 1. The van der Waals surface area contributed by atoms with Gasteiger partial charge in [-0.3, -0.25) is 4.90 Å². The van der Waals surface area contributed by atoms with E-state index in [1.807, 2.05) is 26.8 Å². The summed E-state index contributed by atoms with van der Waals surface area (Å²) in [5.74, 6) is -0.187. The van der Waals surface area contributed by atoms with E-state index in [2.05, 4.69) is 0 Å². The Morgan fingerprint density at radius 2 is 2.11 bits per heavy atom. The lowest BCUT2D eigenvalue weighted by Crippen LogP contribution is -2.38. The van der Waals surface area contributed by atoms with Gasteiger partial charge in [-0.05, 0) is 13.0 Å². The van der Waals surface area contributed by atoms with Crippen LogP contribution in [0.4, 0.5) is 10.5 Å². The highest BCUT2D eigenvalue weighted by Gasteiger charge is 2.34. The molecule has 0 saturated carbocycles. The molecule has 5 nitrogen and oxygen atoms in total. The van der Waals surface area contributed by atoms with Gasteiger partial charge in [0, 0.05) is 26.5 Å². The number of fused-ring (bicyclic) bond motifs is 1. The molecule has 1 aliphatic rings. The Bertz CT molecular complexity index is 484. The molecule has 1 aromatic rings. The maximum atomic E-state index is 11.1. The van der Waals surface area contributed by atoms with E-state index in [4.69, 9.17) is 14.6 Å². The van der Waals surface area contributed by atoms with Crippen LogP contribution in [0.2, 0.25) is 0 Å². The molecule has 1 amide bonds. The summed E-state index contributed by atoms with van der Waals surface area (Å²) in [4.78, 5) is 12.2. The molecule has 5 heteroatoms. The molecular weight excluding hydrogens is 234 g/mol. The molecule has 0 saturated heterocycles. The topological polar surface area (TPSA) is 59.0 Å². The van der Waals surface area contributed by atoms with E-state index in [-0.39, 0.29) is 6.10 Å². The zero-order valence-electron chi connectivity index (χ0n) is 10.9. The second kappa shape index (κ2) is 4.17. The fourth-order valence-electron chi connectivity index (χ4n) is 2.10. The van der Waals surface area contributed by atoms with Crippen LogP contribution in [0.25, 0.3) is 0 Å². The maximum Gasteiger partial charge on any atom is 0.411 e. The number of nitrogens with zero attached hydrogens (tertiary/aromatic N) is 1. The first kappa shape index (κ1) is 12.7. The summed E-state index contributed by atoms with van der Waals surface area (Å²) in [5, 5.41) is 9.07. The van der Waals surface area contributed by atoms with Gasteiger partial charge in [-0.15, -0.1) is 0 Å². The van der Waals surface area contributed by atoms with E-state index in [0.29, 0.717) is 11.4 Å². The van der Waals surface area contributed by atoms with Crippen molar-refractivity contribution in [2.75, 3.05) is 11.9 Å². The Hall–Kier alpha value is -1.75. The molecule has 1 aromatic carbocycles. The molecule has 0 aromatic heterocycles. The van der Waals surface area contributed by atoms with Gasteiger partial charge in [0.25, 0.3) is 0 Å². The molecule has 1 unspecified atom stereocenters. The summed E-state index contributed by atoms with van der Waals surface area (Å²) < 4.78 is 11.5. The van der Waals surface area contributed by atoms with E-state index in [9.17, 15) is 4.79 Å². The van der Waals surface area contributed by atoms with Gasteiger partial charge >= 0.3 is 6.09 Å². The van der Waals surface area contributed by atoms with Crippen molar-refractivity contribution in [2.45, 2.75) is 32.7 Å². The van der Waals surface area contributed by atoms with Gasteiger partial charge in [0.1, 0.15) is 0 Å². The lowest BCUT2D eigenvalue weighted by molar-refractivity contribution is -0.201. The minimum Gasteiger partial charge on any atom is -0.465 e. The highest BCUT2D eigenvalue weighted by atomic mass is 16.7. The first-order valence-corrected chi connectivity index (χ1v) is 5.78. The van der Waals surface area contributed by atoms with Crippen LogP contribution < -0.4 is 9.64 Å². The minimum atomic E-state index is -1.02. The molecule has 2 rings (SSSR count). The van der Waals surface area contributed by atoms with E-state index in [1.54, 1.807) is 12.1 Å². The number of carboxylic acid groups (broad SMARTS) is 1. The lowest BCUT2D eigenvalue weighted by atomic mass is 10.1. The summed E-state index contributed by atoms with van der Waals surface area (Å²) in [7, 11) is 1.49. The Labute approximate surface area is 106 Å². The van der Waals surface area contributed by atoms with Gasteiger partial charge in [0.15, 0.2) is 5.75 Å². The first-order chi connectivity index (χ1) is 8.32. The van der Waals surface area contributed by atoms with Gasteiger partial charge in [-0.25, -0.2) is 4.79 Å². The average molecular weight is 251 g/mol. The number of hydrogen-bond acceptors (Lipinski definition) is 3. The predicted octanol–water partition coefficient (Wildman–Crippen LogP) is 3.01. The van der Waals surface area contributed by atoms with Gasteiger partial charge in [0.05, 0.1) is 11.8 Å². The van der Waals surface area contributed by atoms with Crippen LogP contribution in [0.15, 0.2) is 18.2 Å². The van der Waals surface area contributed by atoms with Crippen LogP contribution in [0, 0.1) is 0 Å². The largest absolute Gasteiger partial charge is 0.465 e. The second-order valence-corrected chi connectivity index (χ2v) is 4.80. The molecule has 0 fully saturated rings. The van der Waals surface area contributed by atoms with Gasteiger partial charge in [-0.1, -0.05) is 12.1 Å². The molecule has 0 bridgehead atoms. The molecule has 1 aliphatic heterocycles. The number of benzene rings is 1. The zero-order chi connectivity index (χ0) is 13.5. The summed E-state index contributed by atoms with van der Waals surface area (Å²) in [5.41, 5.74) is 1.39. The Kier molecular flexibility index (Phi) is 2.94. The summed E-state index contributed by atoms with van der Waals surface area (Å²) >= 11 is 0. The quantitative estimate of drug-likeness (QED) is 0.833. The third-order valence-corrected chi connectivity index (χ3v) is 2.92. The maximum absolute atomic E-state index is 11.1. The monoisotopic (exact) mass is 251 g/mol. The van der Waals surface area contributed by atoms with Crippen LogP contribution in [0.3, 0.4) is 0 Å². The molecule has 1 atom stereocenters. The number of hydrogen-bond donors (Lipinski definition) is 1. The number of carbonyl (C=O) groups is 1. The highest BCUT2D eigenvalue weighted by molar-refractivity contribution is 5.88. The number of anilines is 1. The molecule has 1 N–H and O–H groups in total. The van der Waals surface area contributed by atoms with Crippen molar-refractivity contribution in [1.82, 2.24) is 0 Å². The molecule has 1 heterocycles. The van der Waals surface area contributed by atoms with Crippen molar-refractivity contribution in [2.24, 2.45) is 0 Å². The molecule has 0 aliphatic carbocycles. The van der Waals surface area contributed by atoms with E-state index >= 15 is 0 Å². The Balaban J connectivity index is 2.53. The zero-order valence-corrected chi connectivity index (χ0v) is 10.9. The molecular formula is C13H17NO4. The first-order valence-electron chi connectivity index (χ1n) is 5.78. The molecule has 98 valence electrons.